The fourth-order valence-corrected chi connectivity index (χ4v) is 6.80. The molecule has 202 valence electrons. The van der Waals surface area contributed by atoms with Gasteiger partial charge in [-0.3, -0.25) is 19.5 Å². The number of ether oxygens (including phenoxy) is 2. The van der Waals surface area contributed by atoms with Gasteiger partial charge in [-0.2, -0.15) is 0 Å². The van der Waals surface area contributed by atoms with Crippen molar-refractivity contribution in [2.75, 3.05) is 14.2 Å². The first-order valence-electron chi connectivity index (χ1n) is 12.3. The Morgan fingerprint density at radius 3 is 2.65 bits per heavy atom. The van der Waals surface area contributed by atoms with E-state index in [1.54, 1.807) is 18.8 Å². The Morgan fingerprint density at radius 2 is 1.90 bits per heavy atom. The number of halogens is 1. The summed E-state index contributed by atoms with van der Waals surface area (Å²) in [5.74, 6) is 0.612. The second-order valence-electron chi connectivity index (χ2n) is 9.35. The Kier molecular flexibility index (Phi) is 6.55. The summed E-state index contributed by atoms with van der Waals surface area (Å²) in [6.45, 7) is 0. The van der Waals surface area contributed by atoms with Gasteiger partial charge in [0.2, 0.25) is 5.75 Å². The number of nitrogens with zero attached hydrogens (tertiary/aromatic N) is 3. The predicted octanol–water partition coefficient (Wildman–Crippen LogP) is 4.71. The number of fused-ring (bicyclic) bond motifs is 3. The number of phenolic OH excluding ortho intramolecular Hbond substituents is 1. The van der Waals surface area contributed by atoms with E-state index in [0.29, 0.717) is 31.7 Å². The molecule has 2 heterocycles. The number of nitro groups is 1. The molecule has 0 unspecified atom stereocenters. The van der Waals surface area contributed by atoms with Crippen LogP contribution >= 0.6 is 27.3 Å². The zero-order valence-corrected chi connectivity index (χ0v) is 23.8. The van der Waals surface area contributed by atoms with Crippen LogP contribution in [0, 0.1) is 10.1 Å². The van der Waals surface area contributed by atoms with Gasteiger partial charge < -0.3 is 14.6 Å². The molecule has 0 saturated carbocycles. The number of hydrogen-bond donors (Lipinski definition) is 1. The monoisotopic (exact) mass is 619 g/mol. The van der Waals surface area contributed by atoms with Crippen LogP contribution in [0.15, 0.2) is 74.4 Å². The third-order valence-electron chi connectivity index (χ3n) is 7.16. The molecule has 6 rings (SSSR count). The Balaban J connectivity index is 1.63. The van der Waals surface area contributed by atoms with Gasteiger partial charge in [0, 0.05) is 21.7 Å². The molecule has 9 nitrogen and oxygen atoms in total. The van der Waals surface area contributed by atoms with Crippen LogP contribution in [0.5, 0.6) is 17.2 Å². The van der Waals surface area contributed by atoms with Crippen molar-refractivity contribution in [1.29, 1.82) is 0 Å². The number of hydrogen-bond acceptors (Lipinski definition) is 8. The summed E-state index contributed by atoms with van der Waals surface area (Å²) in [7, 11) is 3.14. The van der Waals surface area contributed by atoms with Crippen LogP contribution in [-0.4, -0.2) is 28.8 Å². The number of aryl methyl sites for hydroxylation is 1. The molecule has 2 aliphatic rings. The Hall–Kier alpha value is -4.22. The highest BCUT2D eigenvalue weighted by Crippen LogP contribution is 2.43. The van der Waals surface area contributed by atoms with Crippen LogP contribution in [0.3, 0.4) is 0 Å². The van der Waals surface area contributed by atoms with Crippen molar-refractivity contribution in [1.82, 2.24) is 4.57 Å². The summed E-state index contributed by atoms with van der Waals surface area (Å²) in [5.41, 5.74) is 4.32. The Morgan fingerprint density at radius 1 is 1.12 bits per heavy atom. The molecule has 0 spiro atoms. The molecular weight excluding hydrogens is 598 g/mol. The van der Waals surface area contributed by atoms with E-state index in [4.69, 9.17) is 14.5 Å². The molecule has 0 saturated heterocycles. The minimum absolute atomic E-state index is 0.156. The fourth-order valence-electron chi connectivity index (χ4n) is 5.34. The lowest BCUT2D eigenvalue weighted by molar-refractivity contribution is -0.385. The molecule has 1 aliphatic carbocycles. The maximum absolute atomic E-state index is 14.0. The van der Waals surface area contributed by atoms with Crippen LogP contribution in [0.25, 0.3) is 11.8 Å². The van der Waals surface area contributed by atoms with E-state index in [1.165, 1.54) is 35.1 Å². The maximum Gasteiger partial charge on any atom is 0.312 e. The molecule has 3 aromatic carbocycles. The number of rotatable bonds is 5. The van der Waals surface area contributed by atoms with Gasteiger partial charge in [0.1, 0.15) is 0 Å². The van der Waals surface area contributed by atoms with Crippen LogP contribution in [0.1, 0.15) is 34.7 Å². The molecule has 40 heavy (non-hydrogen) atoms. The summed E-state index contributed by atoms with van der Waals surface area (Å²) in [6, 6.07) is 16.1. The molecule has 1 atom stereocenters. The van der Waals surface area contributed by atoms with E-state index in [2.05, 4.69) is 22.0 Å². The summed E-state index contributed by atoms with van der Waals surface area (Å²) < 4.78 is 13.4. The van der Waals surface area contributed by atoms with Crippen LogP contribution < -0.4 is 24.4 Å². The average molecular weight is 620 g/mol. The first-order chi connectivity index (χ1) is 19.3. The third kappa shape index (κ3) is 4.22. The molecule has 0 radical (unpaired) electrons. The van der Waals surface area contributed by atoms with Gasteiger partial charge in [-0.25, -0.2) is 4.99 Å². The zero-order valence-electron chi connectivity index (χ0n) is 21.4. The van der Waals surface area contributed by atoms with E-state index in [-0.39, 0.29) is 11.1 Å². The predicted molar refractivity (Wildman–Crippen MR) is 155 cm³/mol. The number of phenols is 1. The number of methoxy groups -OCH3 is 2. The first kappa shape index (κ1) is 26.0. The second-order valence-corrected chi connectivity index (χ2v) is 11.3. The summed E-state index contributed by atoms with van der Waals surface area (Å²) in [6.07, 6.45) is 3.00. The van der Waals surface area contributed by atoms with E-state index in [9.17, 15) is 20.0 Å². The Bertz CT molecular complexity index is 1930. The molecule has 1 aliphatic heterocycles. The summed E-state index contributed by atoms with van der Waals surface area (Å²) in [4.78, 5) is 30.3. The van der Waals surface area contributed by atoms with E-state index >= 15 is 0 Å². The lowest BCUT2D eigenvalue weighted by atomic mass is 9.83. The third-order valence-corrected chi connectivity index (χ3v) is 8.60. The van der Waals surface area contributed by atoms with Crippen LogP contribution in [0.2, 0.25) is 0 Å². The average Bonchev–Trinajstić information content (AvgIpc) is 3.27. The van der Waals surface area contributed by atoms with Crippen molar-refractivity contribution in [3.63, 3.8) is 0 Å². The molecule has 1 N–H and O–H groups in total. The number of benzene rings is 3. The summed E-state index contributed by atoms with van der Waals surface area (Å²) >= 11 is 4.44. The van der Waals surface area contributed by atoms with Gasteiger partial charge in [-0.15, -0.1) is 0 Å². The lowest BCUT2D eigenvalue weighted by Crippen LogP contribution is -2.38. The molecule has 4 aromatic rings. The maximum atomic E-state index is 14.0. The van der Waals surface area contributed by atoms with E-state index < -0.39 is 22.4 Å². The number of nitro benzene ring substituents is 1. The molecule has 0 amide bonds. The van der Waals surface area contributed by atoms with Crippen molar-refractivity contribution in [2.45, 2.75) is 18.9 Å². The standard InChI is InChI=1S/C29H22BrN3O6S/c1-38-22-10-8-16(12-23(22)39-2)26-20-9-7-15-5-3-4-6-19(15)25(20)31-29-32(26)28(35)24(40-29)13-17-11-18(30)14-21(27(17)34)33(36)37/h3-6,8,10-14,26,34H,7,9H2,1-2H3/b24-13-/t26-/m1/s1. The van der Waals surface area contributed by atoms with Crippen molar-refractivity contribution in [3.8, 4) is 17.2 Å². The van der Waals surface area contributed by atoms with E-state index in [1.807, 2.05) is 36.4 Å². The molecule has 0 bridgehead atoms. The Labute approximate surface area is 240 Å². The topological polar surface area (TPSA) is 116 Å². The number of aromatic nitrogens is 1. The largest absolute Gasteiger partial charge is 0.502 e. The second kappa shape index (κ2) is 10.1. The van der Waals surface area contributed by atoms with Gasteiger partial charge >= 0.3 is 5.69 Å². The van der Waals surface area contributed by atoms with Gasteiger partial charge in [0.05, 0.1) is 35.4 Å². The normalized spacial score (nSPS) is 16.1. The zero-order chi connectivity index (χ0) is 28.1. The van der Waals surface area contributed by atoms with Gasteiger partial charge in [-0.1, -0.05) is 57.6 Å². The minimum atomic E-state index is -0.665. The molecular formula is C29H22BrN3O6S. The van der Waals surface area contributed by atoms with Crippen molar-refractivity contribution >= 4 is 44.7 Å². The number of allylic oxidation sites excluding steroid dienone is 1. The van der Waals surface area contributed by atoms with Gasteiger partial charge in [0.15, 0.2) is 16.3 Å². The number of thiazole rings is 1. The summed E-state index contributed by atoms with van der Waals surface area (Å²) in [5, 5.41) is 22.1. The molecule has 0 fully saturated rings. The van der Waals surface area contributed by atoms with Crippen molar-refractivity contribution in [2.24, 2.45) is 4.99 Å². The SMILES string of the molecule is COc1ccc([C@@H]2C3=C(N=c4s/c(=C\c5cc(Br)cc([N+](=O)[O-])c5O)c(=O)n42)c2ccccc2CC3)cc1OC. The smallest absolute Gasteiger partial charge is 0.312 e. The highest BCUT2D eigenvalue weighted by Gasteiger charge is 2.33. The highest BCUT2D eigenvalue weighted by molar-refractivity contribution is 9.10. The van der Waals surface area contributed by atoms with Gasteiger partial charge in [-0.05, 0) is 53.8 Å². The van der Waals surface area contributed by atoms with Crippen molar-refractivity contribution < 1.29 is 19.5 Å². The van der Waals surface area contributed by atoms with Crippen LogP contribution in [-0.2, 0) is 6.42 Å². The highest BCUT2D eigenvalue weighted by atomic mass is 79.9. The fraction of sp³-hybridized carbons (Fsp3) is 0.172. The van der Waals surface area contributed by atoms with Gasteiger partial charge in [0.25, 0.3) is 5.56 Å². The van der Waals surface area contributed by atoms with Crippen LogP contribution in [0.4, 0.5) is 5.69 Å². The molecule has 1 aromatic heterocycles. The first-order valence-corrected chi connectivity index (χ1v) is 13.9. The minimum Gasteiger partial charge on any atom is -0.502 e. The lowest BCUT2D eigenvalue weighted by Gasteiger charge is -2.31. The number of aromatic hydroxyl groups is 1. The van der Waals surface area contributed by atoms with Crippen molar-refractivity contribution in [3.05, 3.63) is 117 Å². The molecule has 11 heteroatoms. The van der Waals surface area contributed by atoms with E-state index in [0.717, 1.165) is 28.8 Å². The quantitative estimate of drug-likeness (QED) is 0.255.